The lowest BCUT2D eigenvalue weighted by Gasteiger charge is -2.27. The fourth-order valence-corrected chi connectivity index (χ4v) is 3.64. The molecule has 1 fully saturated rings. The zero-order chi connectivity index (χ0) is 14.7. The topological polar surface area (TPSA) is 49.8 Å². The van der Waals surface area contributed by atoms with Gasteiger partial charge in [0.25, 0.3) is 0 Å². The Kier molecular flexibility index (Phi) is 4.58. The van der Waals surface area contributed by atoms with Gasteiger partial charge in [0.1, 0.15) is 10.6 Å². The molecule has 0 atom stereocenters. The minimum Gasteiger partial charge on any atom is -0.367 e. The van der Waals surface area contributed by atoms with Crippen LogP contribution in [0.15, 0.2) is 11.4 Å². The third-order valence-corrected chi connectivity index (χ3v) is 5.02. The Morgan fingerprint density at radius 1 is 1.24 bits per heavy atom. The first-order valence-corrected chi connectivity index (χ1v) is 8.90. The molecule has 1 aliphatic carbocycles. The molecule has 114 valence electrons. The first kappa shape index (κ1) is 14.6. The van der Waals surface area contributed by atoms with Gasteiger partial charge < -0.3 is 10.6 Å². The van der Waals surface area contributed by atoms with Crippen LogP contribution in [0.3, 0.4) is 0 Å². The van der Waals surface area contributed by atoms with Gasteiger partial charge in [0.2, 0.25) is 5.95 Å². The Hall–Kier alpha value is -1.36. The van der Waals surface area contributed by atoms with Gasteiger partial charge in [-0.3, -0.25) is 0 Å². The zero-order valence-corrected chi connectivity index (χ0v) is 13.7. The van der Waals surface area contributed by atoms with Crippen LogP contribution in [0.5, 0.6) is 0 Å². The van der Waals surface area contributed by atoms with Crippen LogP contribution in [-0.2, 0) is 0 Å². The number of fused-ring (bicyclic) bond motifs is 1. The van der Waals surface area contributed by atoms with E-state index < -0.39 is 0 Å². The highest BCUT2D eigenvalue weighted by Crippen LogP contribution is 2.30. The van der Waals surface area contributed by atoms with Crippen molar-refractivity contribution < 1.29 is 0 Å². The molecule has 0 aromatic carbocycles. The van der Waals surface area contributed by atoms with E-state index in [0.717, 1.165) is 40.9 Å². The van der Waals surface area contributed by atoms with Gasteiger partial charge >= 0.3 is 0 Å². The molecule has 0 bridgehead atoms. The highest BCUT2D eigenvalue weighted by molar-refractivity contribution is 7.16. The number of aromatic nitrogens is 2. The highest BCUT2D eigenvalue weighted by Gasteiger charge is 2.19. The molecule has 0 amide bonds. The summed E-state index contributed by atoms with van der Waals surface area (Å²) in [6.07, 6.45) is 6.20. The summed E-state index contributed by atoms with van der Waals surface area (Å²) in [5.41, 5.74) is 0. The lowest BCUT2D eigenvalue weighted by molar-refractivity contribution is 0.361. The smallest absolute Gasteiger partial charge is 0.226 e. The maximum Gasteiger partial charge on any atom is 0.226 e. The van der Waals surface area contributed by atoms with Crippen molar-refractivity contribution in [3.05, 3.63) is 11.4 Å². The average Bonchev–Trinajstić information content (AvgIpc) is 2.96. The van der Waals surface area contributed by atoms with Crippen molar-refractivity contribution in [3.63, 3.8) is 0 Å². The van der Waals surface area contributed by atoms with Crippen LogP contribution in [-0.4, -0.2) is 22.6 Å². The number of hydrogen-bond acceptors (Lipinski definition) is 5. The number of hydrogen-bond donors (Lipinski definition) is 2. The molecule has 0 unspecified atom stereocenters. The molecule has 0 radical (unpaired) electrons. The summed E-state index contributed by atoms with van der Waals surface area (Å²) < 4.78 is 0. The molecule has 0 aliphatic heterocycles. The van der Waals surface area contributed by atoms with Crippen molar-refractivity contribution in [2.24, 2.45) is 5.92 Å². The minimum absolute atomic E-state index is 0.554. The van der Waals surface area contributed by atoms with Gasteiger partial charge in [0, 0.05) is 12.6 Å². The van der Waals surface area contributed by atoms with E-state index in [2.05, 4.69) is 40.9 Å². The number of nitrogens with one attached hydrogen (secondary N) is 2. The van der Waals surface area contributed by atoms with Gasteiger partial charge in [-0.05, 0) is 49.5 Å². The van der Waals surface area contributed by atoms with E-state index in [1.165, 1.54) is 25.7 Å². The molecule has 4 nitrogen and oxygen atoms in total. The van der Waals surface area contributed by atoms with Gasteiger partial charge in [-0.15, -0.1) is 11.3 Å². The van der Waals surface area contributed by atoms with E-state index in [-0.39, 0.29) is 0 Å². The van der Waals surface area contributed by atoms with Crippen LogP contribution < -0.4 is 10.6 Å². The molecule has 0 spiro atoms. The fourth-order valence-electron chi connectivity index (χ4n) is 2.88. The zero-order valence-electron chi connectivity index (χ0n) is 12.9. The summed E-state index contributed by atoms with van der Waals surface area (Å²) in [4.78, 5) is 10.4. The van der Waals surface area contributed by atoms with Crippen molar-refractivity contribution in [1.29, 1.82) is 0 Å². The molecular weight excluding hydrogens is 280 g/mol. The normalized spacial score (nSPS) is 22.4. The van der Waals surface area contributed by atoms with Gasteiger partial charge in [-0.2, -0.15) is 4.98 Å². The Labute approximate surface area is 130 Å². The molecule has 2 aromatic heterocycles. The van der Waals surface area contributed by atoms with Crippen molar-refractivity contribution in [3.8, 4) is 0 Å². The van der Waals surface area contributed by atoms with E-state index >= 15 is 0 Å². The van der Waals surface area contributed by atoms with Gasteiger partial charge in [0.15, 0.2) is 0 Å². The second kappa shape index (κ2) is 6.60. The fraction of sp³-hybridized carbons (Fsp3) is 0.625. The van der Waals surface area contributed by atoms with Crippen LogP contribution in [0, 0.1) is 5.92 Å². The van der Waals surface area contributed by atoms with Crippen molar-refractivity contribution in [1.82, 2.24) is 9.97 Å². The van der Waals surface area contributed by atoms with Crippen LogP contribution in [0.25, 0.3) is 10.2 Å². The summed E-state index contributed by atoms with van der Waals surface area (Å²) in [6, 6.07) is 2.68. The summed E-state index contributed by atoms with van der Waals surface area (Å²) in [5, 5.41) is 10.2. The van der Waals surface area contributed by atoms with Crippen LogP contribution in [0.2, 0.25) is 0 Å². The lowest BCUT2D eigenvalue weighted by atomic mass is 9.87. The first-order chi connectivity index (χ1) is 10.3. The molecular formula is C16H24N4S. The third kappa shape index (κ3) is 3.46. The summed E-state index contributed by atoms with van der Waals surface area (Å²) >= 11 is 1.68. The van der Waals surface area contributed by atoms with Crippen LogP contribution in [0.1, 0.15) is 46.0 Å². The molecule has 1 saturated carbocycles. The highest BCUT2D eigenvalue weighted by atomic mass is 32.1. The van der Waals surface area contributed by atoms with E-state index in [9.17, 15) is 0 Å². The maximum absolute atomic E-state index is 4.70. The number of nitrogens with zero attached hydrogens (tertiary/aromatic N) is 2. The maximum atomic E-state index is 4.70. The molecule has 3 rings (SSSR count). The number of anilines is 2. The molecule has 2 aromatic rings. The van der Waals surface area contributed by atoms with Gasteiger partial charge in [-0.1, -0.05) is 13.8 Å². The summed E-state index contributed by atoms with van der Waals surface area (Å²) in [5.74, 6) is 2.62. The SMILES string of the molecule is CCCNc1nc(NC2CCC(C)CC2)c2ccsc2n1. The van der Waals surface area contributed by atoms with Crippen molar-refractivity contribution in [2.75, 3.05) is 17.2 Å². The van der Waals surface area contributed by atoms with Crippen molar-refractivity contribution >= 4 is 33.3 Å². The van der Waals surface area contributed by atoms with E-state index in [1.807, 2.05) is 0 Å². The second-order valence-corrected chi connectivity index (χ2v) is 6.96. The predicted octanol–water partition coefficient (Wildman–Crippen LogP) is 4.50. The molecule has 0 saturated heterocycles. The van der Waals surface area contributed by atoms with Gasteiger partial charge in [-0.25, -0.2) is 4.98 Å². The average molecular weight is 304 g/mol. The Bertz CT molecular complexity index is 587. The largest absolute Gasteiger partial charge is 0.367 e. The van der Waals surface area contributed by atoms with Crippen LogP contribution >= 0.6 is 11.3 Å². The molecule has 5 heteroatoms. The monoisotopic (exact) mass is 304 g/mol. The summed E-state index contributed by atoms with van der Waals surface area (Å²) in [7, 11) is 0. The molecule has 2 N–H and O–H groups in total. The Balaban J connectivity index is 1.80. The van der Waals surface area contributed by atoms with Crippen LogP contribution in [0.4, 0.5) is 11.8 Å². The third-order valence-electron chi connectivity index (χ3n) is 4.21. The van der Waals surface area contributed by atoms with E-state index in [0.29, 0.717) is 6.04 Å². The van der Waals surface area contributed by atoms with E-state index in [4.69, 9.17) is 4.98 Å². The van der Waals surface area contributed by atoms with Crippen molar-refractivity contribution in [2.45, 2.75) is 52.0 Å². The predicted molar refractivity (Wildman–Crippen MR) is 91.2 cm³/mol. The first-order valence-electron chi connectivity index (χ1n) is 8.02. The van der Waals surface area contributed by atoms with Gasteiger partial charge in [0.05, 0.1) is 5.39 Å². The molecule has 2 heterocycles. The van der Waals surface area contributed by atoms with E-state index in [1.54, 1.807) is 11.3 Å². The second-order valence-electron chi connectivity index (χ2n) is 6.06. The molecule has 1 aliphatic rings. The number of rotatable bonds is 5. The summed E-state index contributed by atoms with van der Waals surface area (Å²) in [6.45, 7) is 5.42. The standard InChI is InChI=1S/C16H24N4S/c1-3-9-17-16-19-14(13-8-10-21-15(13)20-16)18-12-6-4-11(2)5-7-12/h8,10-12H,3-7,9H2,1-2H3,(H2,17,18,19,20). The quantitative estimate of drug-likeness (QED) is 0.853. The Morgan fingerprint density at radius 2 is 2.05 bits per heavy atom. The Morgan fingerprint density at radius 3 is 2.81 bits per heavy atom. The number of thiophene rings is 1. The lowest BCUT2D eigenvalue weighted by Crippen LogP contribution is -2.26. The minimum atomic E-state index is 0.554. The molecule has 21 heavy (non-hydrogen) atoms.